The summed E-state index contributed by atoms with van der Waals surface area (Å²) in [6, 6.07) is 0.572. The first-order chi connectivity index (χ1) is 6.36. The SMILES string of the molecule is CCCC(CC)NC1=[C]OC=CC1. The van der Waals surface area contributed by atoms with Crippen LogP contribution in [0.4, 0.5) is 0 Å². The second-order valence-electron chi connectivity index (χ2n) is 3.31. The molecule has 0 aliphatic carbocycles. The van der Waals surface area contributed by atoms with Crippen LogP contribution in [0, 0.1) is 6.26 Å². The molecule has 0 aromatic heterocycles. The van der Waals surface area contributed by atoms with Gasteiger partial charge in [0.1, 0.15) is 0 Å². The number of nitrogens with one attached hydrogen (secondary N) is 1. The Labute approximate surface area is 80.7 Å². The summed E-state index contributed by atoms with van der Waals surface area (Å²) in [4.78, 5) is 0. The van der Waals surface area contributed by atoms with Crippen LogP contribution in [-0.2, 0) is 4.74 Å². The van der Waals surface area contributed by atoms with Crippen molar-refractivity contribution >= 4 is 0 Å². The zero-order valence-corrected chi connectivity index (χ0v) is 8.47. The topological polar surface area (TPSA) is 21.3 Å². The molecule has 0 aromatic carbocycles. The number of hydrogen-bond donors (Lipinski definition) is 1. The molecular weight excluding hydrogens is 162 g/mol. The summed E-state index contributed by atoms with van der Waals surface area (Å²) in [6.07, 6.45) is 11.0. The predicted octanol–water partition coefficient (Wildman–Crippen LogP) is 2.73. The van der Waals surface area contributed by atoms with Gasteiger partial charge in [0.2, 0.25) is 0 Å². The van der Waals surface area contributed by atoms with Gasteiger partial charge in [-0.3, -0.25) is 0 Å². The molecule has 1 radical (unpaired) electrons. The molecule has 1 unspecified atom stereocenters. The summed E-state index contributed by atoms with van der Waals surface area (Å²) >= 11 is 0. The number of allylic oxidation sites excluding steroid dienone is 1. The van der Waals surface area contributed by atoms with Crippen molar-refractivity contribution < 1.29 is 4.74 Å². The molecule has 0 saturated heterocycles. The van der Waals surface area contributed by atoms with E-state index in [1.165, 1.54) is 12.8 Å². The first-order valence-corrected chi connectivity index (χ1v) is 5.05. The average Bonchev–Trinajstić information content (AvgIpc) is 2.19. The lowest BCUT2D eigenvalue weighted by Gasteiger charge is -2.19. The summed E-state index contributed by atoms with van der Waals surface area (Å²) < 4.78 is 4.98. The summed E-state index contributed by atoms with van der Waals surface area (Å²) in [6.45, 7) is 4.41. The fraction of sp³-hybridized carbons (Fsp3) is 0.636. The van der Waals surface area contributed by atoms with Gasteiger partial charge in [0, 0.05) is 12.5 Å². The van der Waals surface area contributed by atoms with E-state index in [0.717, 1.165) is 18.5 Å². The van der Waals surface area contributed by atoms with Crippen molar-refractivity contribution in [3.8, 4) is 0 Å². The third-order valence-electron chi connectivity index (χ3n) is 2.18. The maximum atomic E-state index is 4.98. The van der Waals surface area contributed by atoms with Crippen LogP contribution in [0.15, 0.2) is 18.0 Å². The van der Waals surface area contributed by atoms with Gasteiger partial charge in [-0.25, -0.2) is 0 Å². The summed E-state index contributed by atoms with van der Waals surface area (Å²) in [7, 11) is 0. The van der Waals surface area contributed by atoms with Gasteiger partial charge in [0.05, 0.1) is 12.0 Å². The van der Waals surface area contributed by atoms with E-state index in [1.807, 2.05) is 6.08 Å². The Balaban J connectivity index is 2.32. The summed E-state index contributed by atoms with van der Waals surface area (Å²) in [5, 5.41) is 3.44. The molecule has 0 fully saturated rings. The minimum absolute atomic E-state index is 0.572. The largest absolute Gasteiger partial charge is 0.459 e. The Morgan fingerprint density at radius 1 is 1.62 bits per heavy atom. The monoisotopic (exact) mass is 180 g/mol. The highest BCUT2D eigenvalue weighted by Gasteiger charge is 2.07. The molecule has 1 rings (SSSR count). The molecule has 1 aliphatic heterocycles. The average molecular weight is 180 g/mol. The van der Waals surface area contributed by atoms with Crippen molar-refractivity contribution in [2.24, 2.45) is 0 Å². The van der Waals surface area contributed by atoms with E-state index in [1.54, 1.807) is 6.26 Å². The van der Waals surface area contributed by atoms with Crippen molar-refractivity contribution in [2.75, 3.05) is 0 Å². The standard InChI is InChI=1S/C11H18NO/c1-3-6-10(4-2)12-11-7-5-8-13-9-11/h5,8,10,12H,3-4,6-7H2,1-2H3. The molecule has 0 bridgehead atoms. The fourth-order valence-electron chi connectivity index (χ4n) is 1.42. The van der Waals surface area contributed by atoms with E-state index in [9.17, 15) is 0 Å². The normalized spacial score (nSPS) is 17.5. The van der Waals surface area contributed by atoms with Crippen molar-refractivity contribution in [1.29, 1.82) is 0 Å². The highest BCUT2D eigenvalue weighted by molar-refractivity contribution is 5.03. The molecule has 1 atom stereocenters. The second kappa shape index (κ2) is 5.68. The summed E-state index contributed by atoms with van der Waals surface area (Å²) in [5.41, 5.74) is 1.07. The molecule has 13 heavy (non-hydrogen) atoms. The predicted molar refractivity (Wildman–Crippen MR) is 53.7 cm³/mol. The van der Waals surface area contributed by atoms with Gasteiger partial charge in [-0.2, -0.15) is 0 Å². The molecule has 73 valence electrons. The second-order valence-corrected chi connectivity index (χ2v) is 3.31. The van der Waals surface area contributed by atoms with Crippen LogP contribution >= 0.6 is 0 Å². The zero-order chi connectivity index (χ0) is 9.52. The lowest BCUT2D eigenvalue weighted by atomic mass is 10.1. The third kappa shape index (κ3) is 3.53. The van der Waals surface area contributed by atoms with E-state index < -0.39 is 0 Å². The number of rotatable bonds is 5. The lowest BCUT2D eigenvalue weighted by molar-refractivity contribution is 0.347. The van der Waals surface area contributed by atoms with Gasteiger partial charge >= 0.3 is 0 Å². The van der Waals surface area contributed by atoms with Crippen LogP contribution in [0.3, 0.4) is 0 Å². The molecule has 0 spiro atoms. The van der Waals surface area contributed by atoms with Gasteiger partial charge in [0.15, 0.2) is 6.26 Å². The van der Waals surface area contributed by atoms with Gasteiger partial charge in [0.25, 0.3) is 0 Å². The Hall–Kier alpha value is -0.920. The molecule has 1 aliphatic rings. The molecule has 0 amide bonds. The van der Waals surface area contributed by atoms with Crippen molar-refractivity contribution in [1.82, 2.24) is 5.32 Å². The van der Waals surface area contributed by atoms with E-state index in [4.69, 9.17) is 4.74 Å². The van der Waals surface area contributed by atoms with Crippen LogP contribution in [0.25, 0.3) is 0 Å². The first kappa shape index (κ1) is 10.2. The Kier molecular flexibility index (Phi) is 4.44. The van der Waals surface area contributed by atoms with E-state index in [2.05, 4.69) is 25.4 Å². The van der Waals surface area contributed by atoms with Gasteiger partial charge in [-0.15, -0.1) is 0 Å². The van der Waals surface area contributed by atoms with E-state index >= 15 is 0 Å². The Morgan fingerprint density at radius 2 is 2.46 bits per heavy atom. The van der Waals surface area contributed by atoms with Crippen LogP contribution in [-0.4, -0.2) is 6.04 Å². The van der Waals surface area contributed by atoms with Crippen LogP contribution in [0.5, 0.6) is 0 Å². The molecular formula is C11H18NO. The van der Waals surface area contributed by atoms with Crippen molar-refractivity contribution in [3.63, 3.8) is 0 Å². The summed E-state index contributed by atoms with van der Waals surface area (Å²) in [5.74, 6) is 0. The molecule has 1 N–H and O–H groups in total. The number of hydrogen-bond acceptors (Lipinski definition) is 2. The van der Waals surface area contributed by atoms with Gasteiger partial charge in [-0.1, -0.05) is 20.3 Å². The minimum Gasteiger partial charge on any atom is -0.459 e. The molecule has 2 heteroatoms. The highest BCUT2D eigenvalue weighted by atomic mass is 16.5. The van der Waals surface area contributed by atoms with Gasteiger partial charge in [-0.05, 0) is 18.9 Å². The fourth-order valence-corrected chi connectivity index (χ4v) is 1.42. The Morgan fingerprint density at radius 3 is 3.00 bits per heavy atom. The van der Waals surface area contributed by atoms with Crippen LogP contribution < -0.4 is 5.32 Å². The zero-order valence-electron chi connectivity index (χ0n) is 8.47. The highest BCUT2D eigenvalue weighted by Crippen LogP contribution is 2.09. The van der Waals surface area contributed by atoms with Gasteiger partial charge < -0.3 is 10.1 Å². The quantitative estimate of drug-likeness (QED) is 0.702. The first-order valence-electron chi connectivity index (χ1n) is 5.05. The van der Waals surface area contributed by atoms with E-state index in [0.29, 0.717) is 6.04 Å². The van der Waals surface area contributed by atoms with Crippen LogP contribution in [0.1, 0.15) is 39.5 Å². The molecule has 0 saturated carbocycles. The molecule has 0 aromatic rings. The number of ether oxygens (including phenoxy) is 1. The smallest absolute Gasteiger partial charge is 0.189 e. The maximum absolute atomic E-state index is 4.98. The lowest BCUT2D eigenvalue weighted by Crippen LogP contribution is -2.28. The minimum atomic E-state index is 0.572. The third-order valence-corrected chi connectivity index (χ3v) is 2.18. The van der Waals surface area contributed by atoms with Crippen molar-refractivity contribution in [2.45, 2.75) is 45.6 Å². The molecule has 1 heterocycles. The van der Waals surface area contributed by atoms with E-state index in [-0.39, 0.29) is 0 Å². The van der Waals surface area contributed by atoms with Crippen molar-refractivity contribution in [3.05, 3.63) is 24.3 Å². The maximum Gasteiger partial charge on any atom is 0.189 e. The Bertz CT molecular complexity index is 196. The molecule has 2 nitrogen and oxygen atoms in total. The van der Waals surface area contributed by atoms with Crippen LogP contribution in [0.2, 0.25) is 0 Å².